The number of anilines is 3. The van der Waals surface area contributed by atoms with Gasteiger partial charge in [0.05, 0.1) is 46.6 Å². The van der Waals surface area contributed by atoms with E-state index in [1.807, 2.05) is 64.1 Å². The van der Waals surface area contributed by atoms with Crippen LogP contribution < -0.4 is 14.4 Å². The van der Waals surface area contributed by atoms with Gasteiger partial charge in [0.2, 0.25) is 0 Å². The highest BCUT2D eigenvalue weighted by molar-refractivity contribution is 5.97. The zero-order valence-electron chi connectivity index (χ0n) is 35.1. The molecule has 298 valence electrons. The molecule has 0 bridgehead atoms. The molecular formula is C57H43N3O2. The van der Waals surface area contributed by atoms with Crippen molar-refractivity contribution in [1.82, 2.24) is 0 Å². The third-order valence-corrected chi connectivity index (χ3v) is 12.0. The molecule has 0 saturated carbocycles. The van der Waals surface area contributed by atoms with Crippen LogP contribution >= 0.6 is 0 Å². The van der Waals surface area contributed by atoms with Crippen molar-refractivity contribution in [2.75, 3.05) is 4.90 Å². The molecule has 0 atom stereocenters. The van der Waals surface area contributed by atoms with Gasteiger partial charge < -0.3 is 14.4 Å². The van der Waals surface area contributed by atoms with Gasteiger partial charge in [-0.25, -0.2) is 0 Å². The van der Waals surface area contributed by atoms with Gasteiger partial charge in [0.15, 0.2) is 0 Å². The van der Waals surface area contributed by atoms with E-state index in [4.69, 9.17) is 9.47 Å². The molecule has 8 aromatic carbocycles. The van der Waals surface area contributed by atoms with Crippen LogP contribution in [0, 0.1) is 22.7 Å². The molecule has 0 unspecified atom stereocenters. The first kappa shape index (κ1) is 38.3. The van der Waals surface area contributed by atoms with E-state index in [0.29, 0.717) is 22.6 Å². The summed E-state index contributed by atoms with van der Waals surface area (Å²) in [6.07, 6.45) is -0.105. The molecule has 0 aliphatic heterocycles. The van der Waals surface area contributed by atoms with Gasteiger partial charge in [0, 0.05) is 29.6 Å². The summed E-state index contributed by atoms with van der Waals surface area (Å²) in [5.74, 6) is 1.42. The van der Waals surface area contributed by atoms with Crippen LogP contribution in [-0.2, 0) is 5.41 Å². The van der Waals surface area contributed by atoms with Crippen molar-refractivity contribution >= 4 is 17.1 Å². The first-order valence-corrected chi connectivity index (χ1v) is 21.1. The standard InChI is InChI=1S/C57H43N3O2/c1-36(2)61-47-30-46(31-48(33-47)62-37(3)4)60(44-17-11-16-43(29-44)42-15-10-14-41(28-42)40-12-6-5-7-13-40)45-22-25-52-49-18-8-9-19-53(49)57(56(52)32-45)54-26-38(34-58)20-23-50(54)51-24-21-39(35-59)27-55(51)57/h5-33,36-37H,1-4H3. The van der Waals surface area contributed by atoms with E-state index in [1.165, 1.54) is 5.56 Å². The smallest absolute Gasteiger partial charge is 0.125 e. The molecule has 0 aromatic heterocycles. The maximum atomic E-state index is 10.3. The lowest BCUT2D eigenvalue weighted by Crippen LogP contribution is -2.26. The average molecular weight is 802 g/mol. The van der Waals surface area contributed by atoms with Gasteiger partial charge in [0.1, 0.15) is 11.5 Å². The largest absolute Gasteiger partial charge is 0.491 e. The van der Waals surface area contributed by atoms with Crippen LogP contribution in [0.3, 0.4) is 0 Å². The third-order valence-electron chi connectivity index (χ3n) is 12.0. The molecule has 5 heteroatoms. The van der Waals surface area contributed by atoms with Crippen LogP contribution in [0.25, 0.3) is 44.5 Å². The molecule has 62 heavy (non-hydrogen) atoms. The van der Waals surface area contributed by atoms with Crippen molar-refractivity contribution in [1.29, 1.82) is 10.5 Å². The van der Waals surface area contributed by atoms with E-state index in [2.05, 4.69) is 157 Å². The van der Waals surface area contributed by atoms with Crippen molar-refractivity contribution in [3.8, 4) is 68.1 Å². The lowest BCUT2D eigenvalue weighted by molar-refractivity contribution is 0.229. The molecule has 8 aromatic rings. The molecule has 0 fully saturated rings. The second kappa shape index (κ2) is 15.3. The SMILES string of the molecule is CC(C)Oc1cc(OC(C)C)cc(N(c2cccc(-c3cccc(-c4ccccc4)c3)c2)c2ccc3c(c2)C2(c4ccccc4-3)c3cc(C#N)ccc3-c3ccc(C#N)cc32)c1. The Bertz CT molecular complexity index is 3040. The molecule has 0 N–H and O–H groups in total. The molecule has 10 rings (SSSR count). The van der Waals surface area contributed by atoms with Gasteiger partial charge in [-0.3, -0.25) is 0 Å². The van der Waals surface area contributed by atoms with Crippen LogP contribution in [-0.4, -0.2) is 12.2 Å². The highest BCUT2D eigenvalue weighted by Gasteiger charge is 2.52. The Kier molecular flexibility index (Phi) is 9.47. The van der Waals surface area contributed by atoms with Gasteiger partial charge in [0.25, 0.3) is 0 Å². The third kappa shape index (κ3) is 6.38. The van der Waals surface area contributed by atoms with Crippen LogP contribution in [0.1, 0.15) is 61.1 Å². The molecular weight excluding hydrogens is 759 g/mol. The molecule has 0 heterocycles. The predicted molar refractivity (Wildman–Crippen MR) is 249 cm³/mol. The van der Waals surface area contributed by atoms with Crippen molar-refractivity contribution in [2.24, 2.45) is 0 Å². The minimum absolute atomic E-state index is 0.0525. The van der Waals surface area contributed by atoms with Crippen LogP contribution in [0.5, 0.6) is 11.5 Å². The first-order chi connectivity index (χ1) is 30.2. The molecule has 2 aliphatic carbocycles. The second-order valence-corrected chi connectivity index (χ2v) is 16.6. The van der Waals surface area contributed by atoms with Crippen molar-refractivity contribution in [3.63, 3.8) is 0 Å². The normalized spacial score (nSPS) is 12.6. The summed E-state index contributed by atoms with van der Waals surface area (Å²) in [5.41, 5.74) is 16.3. The van der Waals surface area contributed by atoms with Crippen molar-refractivity contribution in [3.05, 3.63) is 209 Å². The van der Waals surface area contributed by atoms with Gasteiger partial charge in [-0.2, -0.15) is 10.5 Å². The summed E-state index contributed by atoms with van der Waals surface area (Å²) >= 11 is 0. The number of hydrogen-bond donors (Lipinski definition) is 0. The molecule has 1 spiro atoms. The van der Waals surface area contributed by atoms with E-state index in [1.54, 1.807) is 0 Å². The van der Waals surface area contributed by atoms with Gasteiger partial charge in [-0.05, 0) is 149 Å². The predicted octanol–water partition coefficient (Wildman–Crippen LogP) is 14.2. The van der Waals surface area contributed by atoms with Crippen LogP contribution in [0.2, 0.25) is 0 Å². The summed E-state index contributed by atoms with van der Waals surface area (Å²) < 4.78 is 12.8. The summed E-state index contributed by atoms with van der Waals surface area (Å²) in [5, 5.41) is 20.5. The Labute approximate surface area is 363 Å². The second-order valence-electron chi connectivity index (χ2n) is 16.6. The monoisotopic (exact) mass is 801 g/mol. The number of nitriles is 2. The number of rotatable bonds is 9. The number of ether oxygens (including phenoxy) is 2. The van der Waals surface area contributed by atoms with Crippen LogP contribution in [0.15, 0.2) is 176 Å². The average Bonchev–Trinajstić information content (AvgIpc) is 3.75. The summed E-state index contributed by atoms with van der Waals surface area (Å²) in [4.78, 5) is 2.29. The fraction of sp³-hybridized carbons (Fsp3) is 0.123. The van der Waals surface area contributed by atoms with Crippen molar-refractivity contribution in [2.45, 2.75) is 45.3 Å². The van der Waals surface area contributed by atoms with E-state index in [-0.39, 0.29) is 12.2 Å². The topological polar surface area (TPSA) is 69.3 Å². The Morgan fingerprint density at radius 1 is 0.403 bits per heavy atom. The van der Waals surface area contributed by atoms with E-state index in [0.717, 1.165) is 78.3 Å². The molecule has 0 radical (unpaired) electrons. The molecule has 2 aliphatic rings. The quantitative estimate of drug-likeness (QED) is 0.145. The van der Waals surface area contributed by atoms with E-state index in [9.17, 15) is 10.5 Å². The molecule has 0 saturated heterocycles. The Morgan fingerprint density at radius 2 is 0.887 bits per heavy atom. The maximum absolute atomic E-state index is 10.3. The zero-order valence-corrected chi connectivity index (χ0v) is 35.1. The minimum Gasteiger partial charge on any atom is -0.491 e. The van der Waals surface area contributed by atoms with Crippen molar-refractivity contribution < 1.29 is 9.47 Å². The Hall–Kier alpha value is -7.86. The van der Waals surface area contributed by atoms with Crippen LogP contribution in [0.4, 0.5) is 17.1 Å². The summed E-state index contributed by atoms with van der Waals surface area (Å²) in [7, 11) is 0. The number of nitrogens with zero attached hydrogens (tertiary/aromatic N) is 3. The van der Waals surface area contributed by atoms with E-state index >= 15 is 0 Å². The molecule has 0 amide bonds. The highest BCUT2D eigenvalue weighted by Crippen LogP contribution is 2.63. The number of fused-ring (bicyclic) bond motifs is 10. The molecule has 5 nitrogen and oxygen atoms in total. The maximum Gasteiger partial charge on any atom is 0.125 e. The minimum atomic E-state index is -0.785. The van der Waals surface area contributed by atoms with E-state index < -0.39 is 5.41 Å². The number of hydrogen-bond acceptors (Lipinski definition) is 5. The van der Waals surface area contributed by atoms with Gasteiger partial charge in [-0.15, -0.1) is 0 Å². The zero-order chi connectivity index (χ0) is 42.5. The lowest BCUT2D eigenvalue weighted by atomic mass is 9.70. The van der Waals surface area contributed by atoms with Gasteiger partial charge in [-0.1, -0.05) is 103 Å². The fourth-order valence-electron chi connectivity index (χ4n) is 9.60. The highest BCUT2D eigenvalue weighted by atomic mass is 16.5. The fourth-order valence-corrected chi connectivity index (χ4v) is 9.60. The lowest BCUT2D eigenvalue weighted by Gasteiger charge is -2.32. The Morgan fingerprint density at radius 3 is 1.50 bits per heavy atom. The number of benzene rings is 8. The Balaban J connectivity index is 1.23. The first-order valence-electron chi connectivity index (χ1n) is 21.1. The summed E-state index contributed by atoms with van der Waals surface area (Å²) in [6, 6.07) is 66.2. The van der Waals surface area contributed by atoms with Gasteiger partial charge >= 0.3 is 0 Å². The summed E-state index contributed by atoms with van der Waals surface area (Å²) in [6.45, 7) is 8.13.